The summed E-state index contributed by atoms with van der Waals surface area (Å²) in [4.78, 5) is 30.5. The first-order valence-corrected chi connectivity index (χ1v) is 11.9. The topological polar surface area (TPSA) is 91.7 Å². The number of nitrogens with zero attached hydrogens (tertiary/aromatic N) is 2. The van der Waals surface area contributed by atoms with E-state index >= 15 is 0 Å². The fourth-order valence-corrected chi connectivity index (χ4v) is 5.06. The third-order valence-corrected chi connectivity index (χ3v) is 6.91. The summed E-state index contributed by atoms with van der Waals surface area (Å²) in [6.45, 7) is 0.457. The molecule has 1 N–H and O–H groups in total. The molecule has 33 heavy (non-hydrogen) atoms. The summed E-state index contributed by atoms with van der Waals surface area (Å²) < 4.78 is 18.3. The maximum Gasteiger partial charge on any atom is 0.272 e. The van der Waals surface area contributed by atoms with Crippen LogP contribution in [-0.2, 0) is 11.3 Å². The molecule has 0 atom stereocenters. The van der Waals surface area contributed by atoms with Gasteiger partial charge in [0.15, 0.2) is 16.7 Å². The second-order valence-electron chi connectivity index (χ2n) is 7.14. The van der Waals surface area contributed by atoms with Crippen molar-refractivity contribution in [2.45, 2.75) is 11.7 Å². The number of para-hydroxylation sites is 1. The van der Waals surface area contributed by atoms with Crippen LogP contribution in [0.4, 0.5) is 5.69 Å². The fraction of sp³-hybridized carbons (Fsp3) is 0.174. The zero-order valence-electron chi connectivity index (χ0n) is 17.6. The van der Waals surface area contributed by atoms with Crippen molar-refractivity contribution in [2.24, 2.45) is 0 Å². The van der Waals surface area contributed by atoms with Crippen LogP contribution < -0.4 is 25.1 Å². The number of amides is 1. The Morgan fingerprint density at radius 1 is 1.21 bits per heavy atom. The summed E-state index contributed by atoms with van der Waals surface area (Å²) in [5, 5.41) is 5.16. The number of aromatic nitrogens is 2. The Balaban J connectivity index is 1.38. The second kappa shape index (κ2) is 9.16. The number of carbonyl (C=O) groups is 1. The highest BCUT2D eigenvalue weighted by Crippen LogP contribution is 2.34. The predicted molar refractivity (Wildman–Crippen MR) is 128 cm³/mol. The van der Waals surface area contributed by atoms with Crippen LogP contribution in [0.1, 0.15) is 5.56 Å². The minimum atomic E-state index is -0.220. The summed E-state index contributed by atoms with van der Waals surface area (Å²) in [6.07, 6.45) is 0. The van der Waals surface area contributed by atoms with E-state index in [4.69, 9.17) is 14.2 Å². The molecular weight excluding hydrogens is 462 g/mol. The van der Waals surface area contributed by atoms with Crippen LogP contribution in [0.15, 0.2) is 63.9 Å². The minimum Gasteiger partial charge on any atom is -0.496 e. The van der Waals surface area contributed by atoms with Gasteiger partial charge >= 0.3 is 0 Å². The molecule has 2 aromatic heterocycles. The van der Waals surface area contributed by atoms with Crippen molar-refractivity contribution < 1.29 is 19.0 Å². The van der Waals surface area contributed by atoms with Crippen molar-refractivity contribution >= 4 is 44.9 Å². The Hall–Kier alpha value is -3.50. The van der Waals surface area contributed by atoms with E-state index in [1.807, 2.05) is 35.7 Å². The number of hydrogen-bond donors (Lipinski definition) is 1. The van der Waals surface area contributed by atoms with Crippen molar-refractivity contribution in [1.29, 1.82) is 0 Å². The Labute approximate surface area is 197 Å². The van der Waals surface area contributed by atoms with Crippen molar-refractivity contribution in [3.05, 3.63) is 69.8 Å². The highest BCUT2D eigenvalue weighted by atomic mass is 32.2. The average Bonchev–Trinajstić information content (AvgIpc) is 3.49. The number of methoxy groups -OCH3 is 1. The smallest absolute Gasteiger partial charge is 0.272 e. The highest BCUT2D eigenvalue weighted by Gasteiger charge is 2.17. The standard InChI is InChI=1S/C23H19N3O5S2/c1-29-17-5-3-2-4-14(17)11-26-22(28)21-16(8-9-32-21)25-23(26)33-12-20(27)24-15-6-7-18-19(10-15)31-13-30-18/h2-10H,11-13H2,1H3,(H,24,27). The Morgan fingerprint density at radius 2 is 2.06 bits per heavy atom. The van der Waals surface area contributed by atoms with E-state index in [1.165, 1.54) is 23.1 Å². The van der Waals surface area contributed by atoms with Crippen LogP contribution in [0, 0.1) is 0 Å². The summed E-state index contributed by atoms with van der Waals surface area (Å²) in [5.74, 6) is 1.80. The number of thioether (sulfide) groups is 1. The molecule has 168 valence electrons. The normalized spacial score (nSPS) is 12.2. The molecule has 3 heterocycles. The molecule has 5 rings (SSSR count). The van der Waals surface area contributed by atoms with Crippen molar-refractivity contribution in [3.8, 4) is 17.2 Å². The molecule has 0 unspecified atom stereocenters. The van der Waals surface area contributed by atoms with Gasteiger partial charge < -0.3 is 19.5 Å². The third-order valence-electron chi connectivity index (χ3n) is 5.04. The first-order valence-electron chi connectivity index (χ1n) is 10.0. The molecule has 0 saturated carbocycles. The van der Waals surface area contributed by atoms with Crippen LogP contribution >= 0.6 is 23.1 Å². The van der Waals surface area contributed by atoms with E-state index in [-0.39, 0.29) is 30.6 Å². The number of nitrogens with one attached hydrogen (secondary N) is 1. The van der Waals surface area contributed by atoms with Crippen LogP contribution in [0.5, 0.6) is 17.2 Å². The maximum atomic E-state index is 13.2. The van der Waals surface area contributed by atoms with Gasteiger partial charge in [0.2, 0.25) is 12.7 Å². The number of rotatable bonds is 7. The Morgan fingerprint density at radius 3 is 2.94 bits per heavy atom. The van der Waals surface area contributed by atoms with E-state index in [9.17, 15) is 9.59 Å². The lowest BCUT2D eigenvalue weighted by Gasteiger charge is -2.14. The third kappa shape index (κ3) is 4.39. The summed E-state index contributed by atoms with van der Waals surface area (Å²) in [6, 6.07) is 14.6. The molecular formula is C23H19N3O5S2. The number of thiophene rings is 1. The molecule has 1 aliphatic heterocycles. The van der Waals surface area contributed by atoms with E-state index in [0.29, 0.717) is 38.3 Å². The number of fused-ring (bicyclic) bond motifs is 2. The van der Waals surface area contributed by atoms with Gasteiger partial charge in [0, 0.05) is 17.3 Å². The summed E-state index contributed by atoms with van der Waals surface area (Å²) >= 11 is 2.57. The Kier molecular flexibility index (Phi) is 5.93. The molecule has 8 nitrogen and oxygen atoms in total. The molecule has 0 spiro atoms. The van der Waals surface area contributed by atoms with Crippen LogP contribution in [0.3, 0.4) is 0 Å². The van der Waals surface area contributed by atoms with E-state index in [0.717, 1.165) is 5.56 Å². The first kappa shape index (κ1) is 21.4. The van der Waals surface area contributed by atoms with Crippen molar-refractivity contribution in [2.75, 3.05) is 25.0 Å². The molecule has 1 aliphatic rings. The molecule has 0 saturated heterocycles. The van der Waals surface area contributed by atoms with Gasteiger partial charge in [-0.05, 0) is 29.6 Å². The number of anilines is 1. The zero-order chi connectivity index (χ0) is 22.8. The summed E-state index contributed by atoms with van der Waals surface area (Å²) in [5.41, 5.74) is 1.95. The number of carbonyl (C=O) groups excluding carboxylic acids is 1. The predicted octanol–water partition coefficient (Wildman–Crippen LogP) is 3.97. The maximum absolute atomic E-state index is 13.2. The number of benzene rings is 2. The van der Waals surface area contributed by atoms with Crippen LogP contribution in [0.2, 0.25) is 0 Å². The zero-order valence-corrected chi connectivity index (χ0v) is 19.2. The number of hydrogen-bond acceptors (Lipinski definition) is 8. The molecule has 10 heteroatoms. The molecule has 0 radical (unpaired) electrons. The first-order chi connectivity index (χ1) is 16.1. The van der Waals surface area contributed by atoms with Gasteiger partial charge in [0.25, 0.3) is 5.56 Å². The molecule has 0 fully saturated rings. The molecule has 0 bridgehead atoms. The number of ether oxygens (including phenoxy) is 3. The van der Waals surface area contributed by atoms with E-state index < -0.39 is 0 Å². The van der Waals surface area contributed by atoms with E-state index in [2.05, 4.69) is 10.3 Å². The van der Waals surface area contributed by atoms with Crippen molar-refractivity contribution in [3.63, 3.8) is 0 Å². The lowest BCUT2D eigenvalue weighted by atomic mass is 10.2. The van der Waals surface area contributed by atoms with Gasteiger partial charge in [-0.3, -0.25) is 14.2 Å². The second-order valence-corrected chi connectivity index (χ2v) is 9.00. The average molecular weight is 482 g/mol. The van der Waals surface area contributed by atoms with Gasteiger partial charge in [0.05, 0.1) is 24.9 Å². The monoisotopic (exact) mass is 481 g/mol. The fourth-order valence-electron chi connectivity index (χ4n) is 3.48. The molecule has 1 amide bonds. The lowest BCUT2D eigenvalue weighted by Crippen LogP contribution is -2.24. The lowest BCUT2D eigenvalue weighted by molar-refractivity contribution is -0.113. The highest BCUT2D eigenvalue weighted by molar-refractivity contribution is 7.99. The largest absolute Gasteiger partial charge is 0.496 e. The van der Waals surface area contributed by atoms with Crippen molar-refractivity contribution in [1.82, 2.24) is 9.55 Å². The molecule has 4 aromatic rings. The molecule has 2 aromatic carbocycles. The van der Waals surface area contributed by atoms with Gasteiger partial charge in [-0.25, -0.2) is 4.98 Å². The van der Waals surface area contributed by atoms with Gasteiger partial charge in [-0.1, -0.05) is 30.0 Å². The minimum absolute atomic E-state index is 0.0858. The SMILES string of the molecule is COc1ccccc1Cn1c(SCC(=O)Nc2ccc3c(c2)OCO3)nc2ccsc2c1=O. The van der Waals surface area contributed by atoms with E-state index in [1.54, 1.807) is 29.9 Å². The van der Waals surface area contributed by atoms with Crippen LogP contribution in [0.25, 0.3) is 10.2 Å². The summed E-state index contributed by atoms with van der Waals surface area (Å²) in [7, 11) is 1.60. The van der Waals surface area contributed by atoms with Gasteiger partial charge in [-0.15, -0.1) is 11.3 Å². The Bertz CT molecular complexity index is 1400. The molecule has 0 aliphatic carbocycles. The quantitative estimate of drug-likeness (QED) is 0.315. The van der Waals surface area contributed by atoms with Crippen LogP contribution in [-0.4, -0.2) is 35.1 Å². The van der Waals surface area contributed by atoms with Gasteiger partial charge in [-0.2, -0.15) is 0 Å². The van der Waals surface area contributed by atoms with Gasteiger partial charge in [0.1, 0.15) is 10.4 Å².